The number of hydrogen-bond donors (Lipinski definition) is 1. The highest BCUT2D eigenvalue weighted by Gasteiger charge is 2.06. The van der Waals surface area contributed by atoms with E-state index in [2.05, 4.69) is 26.5 Å². The Morgan fingerprint density at radius 3 is 2.38 bits per heavy atom. The average molecular weight is 533 g/mol. The Balaban J connectivity index is 1.58. The zero-order valence-corrected chi connectivity index (χ0v) is 19.5. The van der Waals surface area contributed by atoms with Gasteiger partial charge in [0.15, 0.2) is 0 Å². The number of nitrogens with one attached hydrogen (secondary N) is 1. The largest absolute Gasteiger partial charge is 0.488 e. The number of ether oxygens (including phenoxy) is 1. The molecule has 150 valence electrons. The van der Waals surface area contributed by atoms with Crippen molar-refractivity contribution in [2.45, 2.75) is 13.2 Å². The topological polar surface area (TPSA) is 33.6 Å². The maximum atomic E-state index is 6.18. The third-order valence-corrected chi connectivity index (χ3v) is 5.89. The van der Waals surface area contributed by atoms with Gasteiger partial charge in [0.2, 0.25) is 0 Å². The number of halogens is 5. The van der Waals surface area contributed by atoms with E-state index in [0.29, 0.717) is 39.0 Å². The van der Waals surface area contributed by atoms with Gasteiger partial charge in [0.25, 0.3) is 0 Å². The van der Waals surface area contributed by atoms with Crippen molar-refractivity contribution in [1.82, 2.24) is 5.43 Å². The van der Waals surface area contributed by atoms with E-state index in [-0.39, 0.29) is 0 Å². The Morgan fingerprint density at radius 2 is 1.69 bits per heavy atom. The van der Waals surface area contributed by atoms with Crippen LogP contribution in [0.25, 0.3) is 0 Å². The van der Waals surface area contributed by atoms with Gasteiger partial charge in [-0.2, -0.15) is 5.10 Å². The lowest BCUT2D eigenvalue weighted by atomic mass is 10.2. The lowest BCUT2D eigenvalue weighted by Crippen LogP contribution is -2.06. The van der Waals surface area contributed by atoms with Crippen LogP contribution in [0.15, 0.2) is 64.2 Å². The Kier molecular flexibility index (Phi) is 8.10. The molecule has 0 bridgehead atoms. The van der Waals surface area contributed by atoms with Gasteiger partial charge in [-0.05, 0) is 64.0 Å². The van der Waals surface area contributed by atoms with E-state index in [4.69, 9.17) is 51.1 Å². The lowest BCUT2D eigenvalue weighted by molar-refractivity contribution is 0.304. The fourth-order valence-corrected chi connectivity index (χ4v) is 3.96. The van der Waals surface area contributed by atoms with Crippen LogP contribution in [0.2, 0.25) is 20.1 Å². The summed E-state index contributed by atoms with van der Waals surface area (Å²) in [6.45, 7) is 0.765. The molecular weight excluding hydrogens is 518 g/mol. The minimum atomic E-state index is 0.336. The normalized spacial score (nSPS) is 11.1. The molecule has 3 aromatic carbocycles. The first kappa shape index (κ1) is 22.3. The number of hydrazone groups is 1. The molecular formula is C21H15BrCl4N2O. The molecule has 0 saturated heterocycles. The summed E-state index contributed by atoms with van der Waals surface area (Å²) in [6, 6.07) is 16.4. The quantitative estimate of drug-likeness (QED) is 0.249. The zero-order chi connectivity index (χ0) is 20.8. The number of hydrogen-bond acceptors (Lipinski definition) is 3. The van der Waals surface area contributed by atoms with Gasteiger partial charge in [0.05, 0.1) is 17.2 Å². The van der Waals surface area contributed by atoms with Gasteiger partial charge in [-0.3, -0.25) is 0 Å². The van der Waals surface area contributed by atoms with Gasteiger partial charge in [-0.1, -0.05) is 58.5 Å². The van der Waals surface area contributed by atoms with Crippen molar-refractivity contribution in [1.29, 1.82) is 0 Å². The fraction of sp³-hybridized carbons (Fsp3) is 0.0952. The third kappa shape index (κ3) is 6.27. The summed E-state index contributed by atoms with van der Waals surface area (Å²) >= 11 is 27.9. The van der Waals surface area contributed by atoms with E-state index < -0.39 is 0 Å². The van der Waals surface area contributed by atoms with E-state index in [9.17, 15) is 0 Å². The SMILES string of the molecule is Clc1ccc(COc2ccc(/C=N/NCc3c(Cl)cccc3Cl)cc2Br)c(Cl)c1. The molecule has 3 rings (SSSR count). The number of nitrogens with zero attached hydrogens (tertiary/aromatic N) is 1. The van der Waals surface area contributed by atoms with Crippen molar-refractivity contribution in [2.75, 3.05) is 0 Å². The van der Waals surface area contributed by atoms with E-state index in [0.717, 1.165) is 21.2 Å². The number of benzene rings is 3. The van der Waals surface area contributed by atoms with E-state index in [1.54, 1.807) is 36.5 Å². The molecule has 3 nitrogen and oxygen atoms in total. The highest BCUT2D eigenvalue weighted by Crippen LogP contribution is 2.28. The van der Waals surface area contributed by atoms with Crippen LogP contribution in [-0.4, -0.2) is 6.21 Å². The molecule has 0 saturated carbocycles. The first-order valence-corrected chi connectivity index (χ1v) is 10.8. The van der Waals surface area contributed by atoms with Crippen molar-refractivity contribution < 1.29 is 4.74 Å². The molecule has 0 fully saturated rings. The predicted octanol–water partition coefficient (Wildman–Crippen LogP) is 7.77. The molecule has 3 aromatic rings. The molecule has 0 amide bonds. The summed E-state index contributed by atoms with van der Waals surface area (Å²) in [5.74, 6) is 0.698. The van der Waals surface area contributed by atoms with Crippen molar-refractivity contribution in [3.63, 3.8) is 0 Å². The Hall–Kier alpha value is -1.43. The summed E-state index contributed by atoms with van der Waals surface area (Å²) in [5.41, 5.74) is 5.51. The second-order valence-corrected chi connectivity index (χ2v) is 8.52. The Morgan fingerprint density at radius 1 is 0.931 bits per heavy atom. The molecule has 0 aliphatic rings. The molecule has 0 aromatic heterocycles. The van der Waals surface area contributed by atoms with Crippen LogP contribution in [0.5, 0.6) is 5.75 Å². The van der Waals surface area contributed by atoms with Gasteiger partial charge in [0.1, 0.15) is 12.4 Å². The van der Waals surface area contributed by atoms with Crippen molar-refractivity contribution >= 4 is 68.5 Å². The van der Waals surface area contributed by atoms with Crippen molar-refractivity contribution in [3.05, 3.63) is 95.9 Å². The van der Waals surface area contributed by atoms with Crippen LogP contribution in [0, 0.1) is 0 Å². The van der Waals surface area contributed by atoms with Gasteiger partial charge in [-0.25, -0.2) is 0 Å². The van der Waals surface area contributed by atoms with Gasteiger partial charge >= 0.3 is 0 Å². The molecule has 29 heavy (non-hydrogen) atoms. The second kappa shape index (κ2) is 10.6. The summed E-state index contributed by atoms with van der Waals surface area (Å²) in [5, 5.41) is 6.59. The molecule has 8 heteroatoms. The minimum absolute atomic E-state index is 0.336. The lowest BCUT2D eigenvalue weighted by Gasteiger charge is -2.10. The van der Waals surface area contributed by atoms with Crippen LogP contribution in [0.1, 0.15) is 16.7 Å². The molecule has 0 heterocycles. The molecule has 0 unspecified atom stereocenters. The van der Waals surface area contributed by atoms with E-state index >= 15 is 0 Å². The standard InChI is InChI=1S/C21H15BrCl4N2O/c22-17-8-13(10-27-28-11-16-18(24)2-1-3-19(16)25)4-7-21(17)29-12-14-5-6-15(23)9-20(14)26/h1-10,28H,11-12H2/b27-10+. The maximum absolute atomic E-state index is 6.18. The Bertz CT molecular complexity index is 1020. The first-order valence-electron chi connectivity index (χ1n) is 8.49. The van der Waals surface area contributed by atoms with Crippen LogP contribution in [0.4, 0.5) is 0 Å². The smallest absolute Gasteiger partial charge is 0.134 e. The maximum Gasteiger partial charge on any atom is 0.134 e. The molecule has 1 N–H and O–H groups in total. The summed E-state index contributed by atoms with van der Waals surface area (Å²) in [6.07, 6.45) is 1.70. The molecule has 0 radical (unpaired) electrons. The van der Waals surface area contributed by atoms with E-state index in [1.807, 2.05) is 24.3 Å². The minimum Gasteiger partial charge on any atom is -0.488 e. The van der Waals surface area contributed by atoms with Crippen LogP contribution < -0.4 is 10.2 Å². The monoisotopic (exact) mass is 530 g/mol. The highest BCUT2D eigenvalue weighted by molar-refractivity contribution is 9.10. The van der Waals surface area contributed by atoms with Crippen LogP contribution in [0.3, 0.4) is 0 Å². The van der Waals surface area contributed by atoms with Gasteiger partial charge < -0.3 is 10.2 Å². The predicted molar refractivity (Wildman–Crippen MR) is 126 cm³/mol. The van der Waals surface area contributed by atoms with Gasteiger partial charge in [-0.15, -0.1) is 0 Å². The van der Waals surface area contributed by atoms with E-state index in [1.165, 1.54) is 0 Å². The Labute approximate surface area is 197 Å². The third-order valence-electron chi connectivity index (χ3n) is 3.98. The van der Waals surface area contributed by atoms with Crippen molar-refractivity contribution in [2.24, 2.45) is 5.10 Å². The summed E-state index contributed by atoms with van der Waals surface area (Å²) in [4.78, 5) is 0. The zero-order valence-electron chi connectivity index (χ0n) is 14.9. The molecule has 0 atom stereocenters. The highest BCUT2D eigenvalue weighted by atomic mass is 79.9. The molecule has 0 aliphatic carbocycles. The van der Waals surface area contributed by atoms with Gasteiger partial charge in [0, 0.05) is 31.2 Å². The van der Waals surface area contributed by atoms with Crippen molar-refractivity contribution in [3.8, 4) is 5.75 Å². The molecule has 0 spiro atoms. The molecule has 0 aliphatic heterocycles. The average Bonchev–Trinajstić information content (AvgIpc) is 2.67. The summed E-state index contributed by atoms with van der Waals surface area (Å²) in [7, 11) is 0. The fourth-order valence-electron chi connectivity index (χ4n) is 2.45. The number of rotatable bonds is 7. The first-order chi connectivity index (χ1) is 13.9. The second-order valence-electron chi connectivity index (χ2n) is 6.01. The van der Waals surface area contributed by atoms with Crippen LogP contribution >= 0.6 is 62.3 Å². The van der Waals surface area contributed by atoms with Crippen LogP contribution in [-0.2, 0) is 13.2 Å². The summed E-state index contributed by atoms with van der Waals surface area (Å²) < 4.78 is 6.65.